The minimum Gasteiger partial charge on any atom is -0.357 e. The van der Waals surface area contributed by atoms with Gasteiger partial charge in [-0.2, -0.15) is 0 Å². The van der Waals surface area contributed by atoms with E-state index in [2.05, 4.69) is 176 Å². The second-order valence-electron chi connectivity index (χ2n) is 15.8. The lowest BCUT2D eigenvalue weighted by molar-refractivity contribution is 0.486. The third-order valence-corrected chi connectivity index (χ3v) is 12.7. The number of aromatic nitrogens is 1. The van der Waals surface area contributed by atoms with Crippen molar-refractivity contribution in [3.8, 4) is 50.2 Å². The van der Waals surface area contributed by atoms with Crippen molar-refractivity contribution >= 4 is 28.2 Å². The molecule has 53 heavy (non-hydrogen) atoms. The number of nitrogens with one attached hydrogen (secondary N) is 1. The lowest BCUT2D eigenvalue weighted by Gasteiger charge is -2.35. The average molecular weight is 683 g/mol. The van der Waals surface area contributed by atoms with Gasteiger partial charge in [0.1, 0.15) is 0 Å². The molecule has 256 valence electrons. The first-order valence-electron chi connectivity index (χ1n) is 19.4. The maximum absolute atomic E-state index is 4.06. The smallest absolute Gasteiger partial charge is 0.0616 e. The van der Waals surface area contributed by atoms with Gasteiger partial charge in [0.05, 0.1) is 16.9 Å². The van der Waals surface area contributed by atoms with Gasteiger partial charge in [0, 0.05) is 45.0 Å². The first-order valence-corrected chi connectivity index (χ1v) is 19.4. The number of para-hydroxylation sites is 1. The van der Waals surface area contributed by atoms with Crippen LogP contribution in [0.25, 0.3) is 72.7 Å². The zero-order valence-corrected chi connectivity index (χ0v) is 30.5. The highest BCUT2D eigenvalue weighted by molar-refractivity contribution is 6.07. The number of fused-ring (bicyclic) bond motifs is 12. The molecule has 4 unspecified atom stereocenters. The van der Waals surface area contributed by atoms with Crippen molar-refractivity contribution in [1.29, 1.82) is 0 Å². The Bertz CT molecular complexity index is 2700. The molecule has 2 heteroatoms. The fraction of sp³-hybridized carbons (Fsp3) is 0.176. The zero-order valence-electron chi connectivity index (χ0n) is 30.5. The van der Waals surface area contributed by atoms with Crippen molar-refractivity contribution in [3.05, 3.63) is 168 Å². The lowest BCUT2D eigenvalue weighted by atomic mass is 9.72. The summed E-state index contributed by atoms with van der Waals surface area (Å²) in [6.45, 7) is 7.13. The lowest BCUT2D eigenvalue weighted by Crippen LogP contribution is -2.27. The number of nitrogens with zero attached hydrogens (tertiary/aromatic N) is 1. The van der Waals surface area contributed by atoms with Crippen LogP contribution >= 0.6 is 0 Å². The van der Waals surface area contributed by atoms with Gasteiger partial charge in [0.15, 0.2) is 0 Å². The molecule has 2 nitrogen and oxygen atoms in total. The van der Waals surface area contributed by atoms with Crippen molar-refractivity contribution in [1.82, 2.24) is 4.57 Å². The molecule has 0 fully saturated rings. The van der Waals surface area contributed by atoms with Crippen LogP contribution in [-0.4, -0.2) is 4.57 Å². The molecule has 3 aliphatic carbocycles. The summed E-state index contributed by atoms with van der Waals surface area (Å²) < 4.78 is 2.56. The molecule has 0 saturated heterocycles. The van der Waals surface area contributed by atoms with Gasteiger partial charge >= 0.3 is 0 Å². The van der Waals surface area contributed by atoms with E-state index in [9.17, 15) is 0 Å². The van der Waals surface area contributed by atoms with Gasteiger partial charge in [-0.15, -0.1) is 0 Å². The molecule has 1 aromatic heterocycles. The van der Waals surface area contributed by atoms with E-state index in [0.717, 1.165) is 12.8 Å². The Morgan fingerprint density at radius 3 is 2.13 bits per heavy atom. The van der Waals surface area contributed by atoms with Gasteiger partial charge in [0.25, 0.3) is 0 Å². The Morgan fingerprint density at radius 2 is 1.32 bits per heavy atom. The number of allylic oxidation sites excluding steroid dienone is 8. The van der Waals surface area contributed by atoms with Crippen molar-refractivity contribution in [2.45, 2.75) is 39.5 Å². The van der Waals surface area contributed by atoms with E-state index < -0.39 is 0 Å². The molecule has 0 saturated carbocycles. The topological polar surface area (TPSA) is 17.0 Å². The maximum atomic E-state index is 4.06. The molecule has 0 amide bonds. The first-order chi connectivity index (χ1) is 26.0. The van der Waals surface area contributed by atoms with E-state index in [0.29, 0.717) is 23.7 Å². The SMILES string of the molecule is CC1CC=CC=C1C1C2=C(C=CC1C)c1ccccc1-c1cc(-c3ccc4c(c3)-c3ccccc3-c3cccc5c6c(n-4c35)C=CCC6C)ccc1N2. The maximum Gasteiger partial charge on any atom is 0.0616 e. The van der Waals surface area contributed by atoms with E-state index in [4.69, 9.17) is 0 Å². The summed E-state index contributed by atoms with van der Waals surface area (Å²) in [6, 6.07) is 39.1. The molecule has 4 atom stereocenters. The summed E-state index contributed by atoms with van der Waals surface area (Å²) in [6.07, 6.45) is 18.6. The quantitative estimate of drug-likeness (QED) is 0.192. The van der Waals surface area contributed by atoms with Crippen molar-refractivity contribution < 1.29 is 0 Å². The Hall–Kier alpha value is -5.86. The fourth-order valence-corrected chi connectivity index (χ4v) is 10.2. The number of hydrogen-bond acceptors (Lipinski definition) is 1. The molecule has 6 aromatic rings. The van der Waals surface area contributed by atoms with Gasteiger partial charge in [-0.05, 0) is 99.9 Å². The van der Waals surface area contributed by atoms with Crippen LogP contribution in [0.2, 0.25) is 0 Å². The van der Waals surface area contributed by atoms with E-state index >= 15 is 0 Å². The molecule has 5 aromatic carbocycles. The first kappa shape index (κ1) is 30.7. The Labute approximate surface area is 312 Å². The Kier molecular flexibility index (Phi) is 6.71. The third kappa shape index (κ3) is 4.45. The van der Waals surface area contributed by atoms with Crippen LogP contribution in [0, 0.1) is 17.8 Å². The highest BCUT2D eigenvalue weighted by Gasteiger charge is 2.35. The molecule has 0 radical (unpaired) electrons. The fourth-order valence-electron chi connectivity index (χ4n) is 10.2. The standard InChI is InChI=1S/C51H42N2/c1-30-12-4-5-14-35(30)49-32(3)22-25-40-36-15-6-8-17-38(36)43-28-33(23-26-45(43)52-50(40)49)34-24-27-46-44(29-34)39-18-9-7-16-37(39)41-19-11-20-42-48-31(2)13-10-21-47(48)53(46)51(41)42/h4-11,14-32,49,52H,12-13H2,1-3H3. The second kappa shape index (κ2) is 11.6. The Balaban J connectivity index is 1.09. The van der Waals surface area contributed by atoms with Crippen LogP contribution in [0.1, 0.15) is 56.4 Å². The van der Waals surface area contributed by atoms with Crippen LogP contribution in [0.3, 0.4) is 0 Å². The van der Waals surface area contributed by atoms with Crippen LogP contribution in [0.4, 0.5) is 5.69 Å². The molecule has 0 bridgehead atoms. The number of rotatable bonds is 2. The Morgan fingerprint density at radius 1 is 0.623 bits per heavy atom. The van der Waals surface area contributed by atoms with Crippen molar-refractivity contribution in [2.24, 2.45) is 17.8 Å². The van der Waals surface area contributed by atoms with Crippen molar-refractivity contribution in [2.75, 3.05) is 5.32 Å². The van der Waals surface area contributed by atoms with Gasteiger partial charge in [-0.25, -0.2) is 0 Å². The van der Waals surface area contributed by atoms with Crippen LogP contribution in [-0.2, 0) is 0 Å². The zero-order chi connectivity index (χ0) is 35.4. The predicted molar refractivity (Wildman–Crippen MR) is 224 cm³/mol. The second-order valence-corrected chi connectivity index (χ2v) is 15.8. The monoisotopic (exact) mass is 682 g/mol. The molecule has 3 heterocycles. The van der Waals surface area contributed by atoms with Gasteiger partial charge in [-0.3, -0.25) is 0 Å². The molecule has 0 spiro atoms. The number of anilines is 1. The minimum atomic E-state index is 0.311. The van der Waals surface area contributed by atoms with Gasteiger partial charge in [0.2, 0.25) is 0 Å². The predicted octanol–water partition coefficient (Wildman–Crippen LogP) is 13.6. The summed E-state index contributed by atoms with van der Waals surface area (Å²) >= 11 is 0. The minimum absolute atomic E-state index is 0.311. The van der Waals surface area contributed by atoms with Gasteiger partial charge < -0.3 is 9.88 Å². The molecular formula is C51H42N2. The summed E-state index contributed by atoms with van der Waals surface area (Å²) in [4.78, 5) is 0. The summed E-state index contributed by atoms with van der Waals surface area (Å²) in [5.41, 5.74) is 22.2. The normalized spacial score (nSPS) is 21.7. The van der Waals surface area contributed by atoms with E-state index in [-0.39, 0.29) is 0 Å². The molecule has 2 aliphatic heterocycles. The van der Waals surface area contributed by atoms with Crippen molar-refractivity contribution in [3.63, 3.8) is 0 Å². The molecular weight excluding hydrogens is 641 g/mol. The highest BCUT2D eigenvalue weighted by Crippen LogP contribution is 2.51. The highest BCUT2D eigenvalue weighted by atomic mass is 15.0. The summed E-state index contributed by atoms with van der Waals surface area (Å²) in [5, 5.41) is 5.44. The number of benzene rings is 5. The van der Waals surface area contributed by atoms with Gasteiger partial charge in [-0.1, -0.05) is 142 Å². The average Bonchev–Trinajstić information content (AvgIpc) is 3.39. The summed E-state index contributed by atoms with van der Waals surface area (Å²) in [5.74, 6) is 1.73. The number of hydrogen-bond donors (Lipinski definition) is 1. The molecule has 1 N–H and O–H groups in total. The third-order valence-electron chi connectivity index (χ3n) is 12.7. The van der Waals surface area contributed by atoms with E-state index in [1.165, 1.54) is 100 Å². The van der Waals surface area contributed by atoms with Crippen LogP contribution in [0.5, 0.6) is 0 Å². The van der Waals surface area contributed by atoms with Crippen LogP contribution < -0.4 is 5.32 Å². The largest absolute Gasteiger partial charge is 0.357 e. The van der Waals surface area contributed by atoms with Crippen LogP contribution in [0.15, 0.2) is 151 Å². The van der Waals surface area contributed by atoms with E-state index in [1.54, 1.807) is 0 Å². The molecule has 5 aliphatic rings. The summed E-state index contributed by atoms with van der Waals surface area (Å²) in [7, 11) is 0. The van der Waals surface area contributed by atoms with E-state index in [1.807, 2.05) is 0 Å². The molecule has 11 rings (SSSR count).